The van der Waals surface area contributed by atoms with E-state index in [0.717, 1.165) is 11.6 Å². The fourth-order valence-electron chi connectivity index (χ4n) is 2.50. The summed E-state index contributed by atoms with van der Waals surface area (Å²) in [6, 6.07) is 11.4. The fraction of sp³-hybridized carbons (Fsp3) is 0.300. The van der Waals surface area contributed by atoms with Crippen LogP contribution < -0.4 is 16.4 Å². The van der Waals surface area contributed by atoms with E-state index in [1.807, 2.05) is 24.3 Å². The van der Waals surface area contributed by atoms with Crippen molar-refractivity contribution in [2.45, 2.75) is 32.7 Å². The molecule has 0 heterocycles. The lowest BCUT2D eigenvalue weighted by Crippen LogP contribution is -2.32. The van der Waals surface area contributed by atoms with Crippen molar-refractivity contribution in [3.8, 4) is 0 Å². The monoisotopic (exact) mass is 357 g/mol. The molecule has 0 radical (unpaired) electrons. The number of halogens is 1. The number of rotatable bonds is 6. The van der Waals surface area contributed by atoms with Gasteiger partial charge in [0.1, 0.15) is 5.82 Å². The van der Waals surface area contributed by atoms with Crippen molar-refractivity contribution in [3.63, 3.8) is 0 Å². The Morgan fingerprint density at radius 3 is 2.27 bits per heavy atom. The summed E-state index contributed by atoms with van der Waals surface area (Å²) in [5.41, 5.74) is 8.50. The largest absolute Gasteiger partial charge is 0.350 e. The van der Waals surface area contributed by atoms with Crippen LogP contribution in [0, 0.1) is 5.82 Å². The van der Waals surface area contributed by atoms with Gasteiger partial charge in [0.15, 0.2) is 0 Å². The third-order valence-corrected chi connectivity index (χ3v) is 4.05. The average Bonchev–Trinajstić information content (AvgIpc) is 2.60. The number of anilines is 1. The van der Waals surface area contributed by atoms with Crippen LogP contribution in [0.25, 0.3) is 0 Å². The second kappa shape index (κ2) is 8.58. The Hall–Kier alpha value is -2.73. The molecular weight excluding hydrogens is 333 g/mol. The molecule has 2 amide bonds. The number of amides is 2. The second-order valence-electron chi connectivity index (χ2n) is 6.51. The van der Waals surface area contributed by atoms with Crippen molar-refractivity contribution in [3.05, 3.63) is 65.0 Å². The van der Waals surface area contributed by atoms with Crippen LogP contribution in [0.4, 0.5) is 10.1 Å². The van der Waals surface area contributed by atoms with E-state index in [9.17, 15) is 14.0 Å². The van der Waals surface area contributed by atoms with E-state index >= 15 is 0 Å². The van der Waals surface area contributed by atoms with Crippen molar-refractivity contribution >= 4 is 17.5 Å². The minimum absolute atomic E-state index is 0.0290. The fourth-order valence-corrected chi connectivity index (χ4v) is 2.50. The minimum Gasteiger partial charge on any atom is -0.350 e. The molecule has 0 aliphatic rings. The Bertz CT molecular complexity index is 788. The minimum atomic E-state index is -0.598. The Morgan fingerprint density at radius 1 is 1.08 bits per heavy atom. The number of benzene rings is 2. The maximum Gasteiger partial charge on any atom is 0.251 e. The predicted molar refractivity (Wildman–Crippen MR) is 100 cm³/mol. The molecule has 0 aromatic heterocycles. The molecule has 0 aliphatic carbocycles. The van der Waals surface area contributed by atoms with Gasteiger partial charge in [-0.1, -0.05) is 38.1 Å². The number of nitrogens with two attached hydrogens (primary N) is 1. The van der Waals surface area contributed by atoms with E-state index < -0.39 is 11.7 Å². The molecular formula is C20H24FN3O2. The number of carbonyl (C=O) groups excluding carboxylic acids is 2. The van der Waals surface area contributed by atoms with Crippen LogP contribution >= 0.6 is 0 Å². The lowest BCUT2D eigenvalue weighted by molar-refractivity contribution is -0.114. The second-order valence-corrected chi connectivity index (χ2v) is 6.51. The normalized spacial score (nSPS) is 11.9. The van der Waals surface area contributed by atoms with Gasteiger partial charge in [-0.15, -0.1) is 0 Å². The van der Waals surface area contributed by atoms with Crippen LogP contribution in [0.1, 0.15) is 54.2 Å². The van der Waals surface area contributed by atoms with Gasteiger partial charge in [0, 0.05) is 25.1 Å². The number of carbonyl (C=O) groups is 2. The summed E-state index contributed by atoms with van der Waals surface area (Å²) in [7, 11) is 0. The third-order valence-electron chi connectivity index (χ3n) is 4.05. The van der Waals surface area contributed by atoms with Gasteiger partial charge in [-0.3, -0.25) is 9.59 Å². The SMILES string of the molecule is CC(=O)Nc1cc(C(=O)NCC(N)c2ccc(C(C)C)cc2)ccc1F. The van der Waals surface area contributed by atoms with E-state index in [2.05, 4.69) is 24.5 Å². The molecule has 0 fully saturated rings. The zero-order valence-corrected chi connectivity index (χ0v) is 15.2. The molecule has 26 heavy (non-hydrogen) atoms. The Labute approximate surface area is 152 Å². The third kappa shape index (κ3) is 5.13. The van der Waals surface area contributed by atoms with Crippen LogP contribution in [-0.4, -0.2) is 18.4 Å². The molecule has 4 N–H and O–H groups in total. The van der Waals surface area contributed by atoms with Crippen LogP contribution in [0.5, 0.6) is 0 Å². The van der Waals surface area contributed by atoms with Crippen LogP contribution in [0.2, 0.25) is 0 Å². The zero-order valence-electron chi connectivity index (χ0n) is 15.2. The first-order valence-electron chi connectivity index (χ1n) is 8.48. The number of hydrogen-bond donors (Lipinski definition) is 3. The van der Waals surface area contributed by atoms with Gasteiger partial charge < -0.3 is 16.4 Å². The highest BCUT2D eigenvalue weighted by molar-refractivity contribution is 5.96. The van der Waals surface area contributed by atoms with Gasteiger partial charge in [0.25, 0.3) is 5.91 Å². The summed E-state index contributed by atoms with van der Waals surface area (Å²) >= 11 is 0. The highest BCUT2D eigenvalue weighted by Gasteiger charge is 2.13. The van der Waals surface area contributed by atoms with Crippen molar-refractivity contribution in [1.29, 1.82) is 0 Å². The summed E-state index contributed by atoms with van der Waals surface area (Å²) < 4.78 is 13.7. The van der Waals surface area contributed by atoms with E-state index in [0.29, 0.717) is 5.92 Å². The predicted octanol–water partition coefficient (Wildman–Crippen LogP) is 3.34. The van der Waals surface area contributed by atoms with Crippen molar-refractivity contribution in [2.24, 2.45) is 5.73 Å². The number of hydrogen-bond acceptors (Lipinski definition) is 3. The molecule has 0 saturated heterocycles. The first-order chi connectivity index (χ1) is 12.3. The standard InChI is InChI=1S/C20H24FN3O2/c1-12(2)14-4-6-15(7-5-14)18(22)11-23-20(26)16-8-9-17(21)19(10-16)24-13(3)25/h4-10,12,18H,11,22H2,1-3H3,(H,23,26)(H,24,25). The Balaban J connectivity index is 2.00. The van der Waals surface area contributed by atoms with E-state index in [1.54, 1.807) is 0 Å². The van der Waals surface area contributed by atoms with Crippen molar-refractivity contribution in [2.75, 3.05) is 11.9 Å². The van der Waals surface area contributed by atoms with Gasteiger partial charge in [0.2, 0.25) is 5.91 Å². The highest BCUT2D eigenvalue weighted by Crippen LogP contribution is 2.18. The van der Waals surface area contributed by atoms with Crippen LogP contribution in [-0.2, 0) is 4.79 Å². The Morgan fingerprint density at radius 2 is 1.69 bits per heavy atom. The van der Waals surface area contributed by atoms with Crippen LogP contribution in [0.15, 0.2) is 42.5 Å². The molecule has 0 bridgehead atoms. The number of nitrogens with one attached hydrogen (secondary N) is 2. The summed E-state index contributed by atoms with van der Waals surface area (Å²) in [6.07, 6.45) is 0. The molecule has 1 atom stereocenters. The Kier molecular flexibility index (Phi) is 6.46. The van der Waals surface area contributed by atoms with Crippen molar-refractivity contribution < 1.29 is 14.0 Å². The van der Waals surface area contributed by atoms with Gasteiger partial charge in [-0.25, -0.2) is 4.39 Å². The van der Waals surface area contributed by atoms with E-state index in [1.165, 1.54) is 24.6 Å². The molecule has 1 unspecified atom stereocenters. The average molecular weight is 357 g/mol. The molecule has 5 nitrogen and oxygen atoms in total. The summed E-state index contributed by atoms with van der Waals surface area (Å²) in [5, 5.41) is 5.09. The molecule has 2 rings (SSSR count). The summed E-state index contributed by atoms with van der Waals surface area (Å²) in [6.45, 7) is 5.75. The van der Waals surface area contributed by atoms with Crippen molar-refractivity contribution in [1.82, 2.24) is 5.32 Å². The van der Waals surface area contributed by atoms with Gasteiger partial charge in [0.05, 0.1) is 5.69 Å². The van der Waals surface area contributed by atoms with E-state index in [4.69, 9.17) is 5.73 Å². The maximum atomic E-state index is 13.7. The maximum absolute atomic E-state index is 13.7. The van der Waals surface area contributed by atoms with Gasteiger partial charge >= 0.3 is 0 Å². The summed E-state index contributed by atoms with van der Waals surface area (Å²) in [5.74, 6) is -0.950. The molecule has 2 aromatic rings. The van der Waals surface area contributed by atoms with E-state index in [-0.39, 0.29) is 29.7 Å². The zero-order chi connectivity index (χ0) is 19.3. The molecule has 0 saturated carbocycles. The smallest absolute Gasteiger partial charge is 0.251 e. The van der Waals surface area contributed by atoms with Gasteiger partial charge in [-0.05, 0) is 35.2 Å². The first-order valence-corrected chi connectivity index (χ1v) is 8.48. The molecule has 6 heteroatoms. The summed E-state index contributed by atoms with van der Waals surface area (Å²) in [4.78, 5) is 23.4. The molecule has 138 valence electrons. The first kappa shape index (κ1) is 19.6. The molecule has 0 spiro atoms. The molecule has 0 aliphatic heterocycles. The highest BCUT2D eigenvalue weighted by atomic mass is 19.1. The quantitative estimate of drug-likeness (QED) is 0.741. The lowest BCUT2D eigenvalue weighted by atomic mass is 9.99. The van der Waals surface area contributed by atoms with Gasteiger partial charge in [-0.2, -0.15) is 0 Å². The molecule has 2 aromatic carbocycles. The lowest BCUT2D eigenvalue weighted by Gasteiger charge is -2.15. The topological polar surface area (TPSA) is 84.2 Å². The van der Waals surface area contributed by atoms with Crippen LogP contribution in [0.3, 0.4) is 0 Å².